The number of para-hydroxylation sites is 2. The van der Waals surface area contributed by atoms with Crippen LogP contribution in [0.4, 0.5) is 15.8 Å². The number of nitrogens with zero attached hydrogens (tertiary/aromatic N) is 3. The lowest BCUT2D eigenvalue weighted by molar-refractivity contribution is -0.384. The molecule has 0 radical (unpaired) electrons. The van der Waals surface area contributed by atoms with E-state index in [1.165, 1.54) is 12.1 Å². The summed E-state index contributed by atoms with van der Waals surface area (Å²) in [4.78, 5) is 27.1. The number of nitro benzene ring substituents is 1. The van der Waals surface area contributed by atoms with Crippen molar-refractivity contribution in [1.29, 1.82) is 0 Å². The zero-order valence-electron chi connectivity index (χ0n) is 15.2. The largest absolute Gasteiger partial charge is 0.366 e. The smallest absolute Gasteiger partial charge is 0.292 e. The molecule has 1 aliphatic heterocycles. The van der Waals surface area contributed by atoms with Gasteiger partial charge in [0.15, 0.2) is 0 Å². The third-order valence-electron chi connectivity index (χ3n) is 5.00. The molecule has 142 valence electrons. The van der Waals surface area contributed by atoms with Crippen LogP contribution in [-0.2, 0) is 11.3 Å². The van der Waals surface area contributed by atoms with Crippen LogP contribution in [-0.4, -0.2) is 35.9 Å². The standard InChI is InChI=1S/C20H22FN3O3/c1-22(14-16-6-2-3-7-17(16)21)20(25)15-10-12-23(13-11-15)18-8-4-5-9-19(18)24(26)27/h2-9,15H,10-14H2,1H3. The zero-order valence-corrected chi connectivity index (χ0v) is 15.2. The summed E-state index contributed by atoms with van der Waals surface area (Å²) < 4.78 is 13.8. The minimum atomic E-state index is -0.380. The molecule has 0 spiro atoms. The minimum Gasteiger partial charge on any atom is -0.366 e. The van der Waals surface area contributed by atoms with Gasteiger partial charge in [-0.1, -0.05) is 30.3 Å². The van der Waals surface area contributed by atoms with Gasteiger partial charge >= 0.3 is 0 Å². The Balaban J connectivity index is 1.61. The Labute approximate surface area is 157 Å². The topological polar surface area (TPSA) is 66.7 Å². The van der Waals surface area contributed by atoms with E-state index >= 15 is 0 Å². The molecule has 1 amide bonds. The highest BCUT2D eigenvalue weighted by atomic mass is 19.1. The molecule has 2 aromatic rings. The summed E-state index contributed by atoms with van der Waals surface area (Å²) >= 11 is 0. The molecule has 7 heteroatoms. The summed E-state index contributed by atoms with van der Waals surface area (Å²) in [7, 11) is 1.68. The summed E-state index contributed by atoms with van der Waals surface area (Å²) in [6, 6.07) is 13.1. The highest BCUT2D eigenvalue weighted by molar-refractivity contribution is 5.79. The molecule has 1 heterocycles. The first-order valence-electron chi connectivity index (χ1n) is 8.94. The third kappa shape index (κ3) is 4.24. The molecule has 2 aromatic carbocycles. The van der Waals surface area contributed by atoms with Crippen molar-refractivity contribution in [2.24, 2.45) is 5.92 Å². The van der Waals surface area contributed by atoms with Crippen molar-refractivity contribution >= 4 is 17.3 Å². The van der Waals surface area contributed by atoms with E-state index in [0.29, 0.717) is 37.2 Å². The van der Waals surface area contributed by atoms with Crippen LogP contribution in [0, 0.1) is 21.8 Å². The number of halogens is 1. The molecule has 0 unspecified atom stereocenters. The second-order valence-electron chi connectivity index (χ2n) is 6.79. The summed E-state index contributed by atoms with van der Waals surface area (Å²) in [6.45, 7) is 1.39. The van der Waals surface area contributed by atoms with Gasteiger partial charge in [-0.05, 0) is 25.0 Å². The van der Waals surface area contributed by atoms with Gasteiger partial charge in [0.1, 0.15) is 11.5 Å². The number of amides is 1. The van der Waals surface area contributed by atoms with Crippen molar-refractivity contribution in [2.75, 3.05) is 25.0 Å². The maximum absolute atomic E-state index is 13.8. The maximum atomic E-state index is 13.8. The van der Waals surface area contributed by atoms with Crippen molar-refractivity contribution in [3.8, 4) is 0 Å². The van der Waals surface area contributed by atoms with Crippen LogP contribution in [0.5, 0.6) is 0 Å². The lowest BCUT2D eigenvalue weighted by Crippen LogP contribution is -2.41. The van der Waals surface area contributed by atoms with Gasteiger partial charge in [0, 0.05) is 44.2 Å². The summed E-state index contributed by atoms with van der Waals surface area (Å²) in [5, 5.41) is 11.2. The highest BCUT2D eigenvalue weighted by Crippen LogP contribution is 2.31. The molecule has 0 bridgehead atoms. The molecule has 6 nitrogen and oxygen atoms in total. The Morgan fingerprint density at radius 3 is 2.48 bits per heavy atom. The zero-order chi connectivity index (χ0) is 19.4. The highest BCUT2D eigenvalue weighted by Gasteiger charge is 2.29. The first kappa shape index (κ1) is 18.8. The van der Waals surface area contributed by atoms with Gasteiger partial charge in [0.2, 0.25) is 5.91 Å². The normalized spacial score (nSPS) is 14.8. The van der Waals surface area contributed by atoms with E-state index in [1.807, 2.05) is 4.90 Å². The molecule has 0 aliphatic carbocycles. The van der Waals surface area contributed by atoms with Crippen LogP contribution in [0.25, 0.3) is 0 Å². The van der Waals surface area contributed by atoms with Crippen LogP contribution in [0.2, 0.25) is 0 Å². The number of carbonyl (C=O) groups is 1. The molecule has 0 aromatic heterocycles. The average molecular weight is 371 g/mol. The summed E-state index contributed by atoms with van der Waals surface area (Å²) in [5.74, 6) is -0.482. The molecule has 27 heavy (non-hydrogen) atoms. The van der Waals surface area contributed by atoms with Crippen molar-refractivity contribution in [3.63, 3.8) is 0 Å². The molecule has 3 rings (SSSR count). The number of nitro groups is 1. The van der Waals surface area contributed by atoms with E-state index in [9.17, 15) is 19.3 Å². The fourth-order valence-electron chi connectivity index (χ4n) is 3.53. The summed E-state index contributed by atoms with van der Waals surface area (Å²) in [6.07, 6.45) is 1.24. The Morgan fingerprint density at radius 1 is 1.19 bits per heavy atom. The number of hydrogen-bond acceptors (Lipinski definition) is 4. The Bertz CT molecular complexity index is 835. The van der Waals surface area contributed by atoms with Gasteiger partial charge < -0.3 is 9.80 Å². The fourth-order valence-corrected chi connectivity index (χ4v) is 3.53. The Hall–Kier alpha value is -2.96. The van der Waals surface area contributed by atoms with Gasteiger partial charge in [0.25, 0.3) is 5.69 Å². The van der Waals surface area contributed by atoms with Crippen molar-refractivity contribution in [1.82, 2.24) is 4.90 Å². The SMILES string of the molecule is CN(Cc1ccccc1F)C(=O)C1CCN(c2ccccc2[N+](=O)[O-])CC1. The first-order chi connectivity index (χ1) is 13.0. The number of carbonyl (C=O) groups excluding carboxylic acids is 1. The molecule has 0 atom stereocenters. The molecular weight excluding hydrogens is 349 g/mol. The van der Waals surface area contributed by atoms with E-state index in [1.54, 1.807) is 48.3 Å². The van der Waals surface area contributed by atoms with Crippen LogP contribution in [0.3, 0.4) is 0 Å². The molecule has 1 saturated heterocycles. The van der Waals surface area contributed by atoms with Gasteiger partial charge in [-0.2, -0.15) is 0 Å². The van der Waals surface area contributed by atoms with E-state index in [4.69, 9.17) is 0 Å². The first-order valence-corrected chi connectivity index (χ1v) is 8.94. The Morgan fingerprint density at radius 2 is 1.81 bits per heavy atom. The van der Waals surface area contributed by atoms with Crippen molar-refractivity contribution < 1.29 is 14.1 Å². The molecule has 0 N–H and O–H groups in total. The number of rotatable bonds is 5. The fraction of sp³-hybridized carbons (Fsp3) is 0.350. The maximum Gasteiger partial charge on any atom is 0.292 e. The van der Waals surface area contributed by atoms with Gasteiger partial charge in [-0.25, -0.2) is 4.39 Å². The Kier molecular flexibility index (Phi) is 5.69. The van der Waals surface area contributed by atoms with E-state index < -0.39 is 0 Å². The van der Waals surface area contributed by atoms with Crippen LogP contribution < -0.4 is 4.90 Å². The van der Waals surface area contributed by atoms with E-state index in [-0.39, 0.29) is 34.8 Å². The second kappa shape index (κ2) is 8.16. The quantitative estimate of drug-likeness (QED) is 0.595. The molecular formula is C20H22FN3O3. The molecule has 0 saturated carbocycles. The van der Waals surface area contributed by atoms with Crippen molar-refractivity contribution in [3.05, 3.63) is 70.0 Å². The van der Waals surface area contributed by atoms with Crippen LogP contribution >= 0.6 is 0 Å². The summed E-state index contributed by atoms with van der Waals surface area (Å²) in [5.41, 5.74) is 1.16. The predicted octanol–water partition coefficient (Wildman–Crippen LogP) is 3.61. The average Bonchev–Trinajstić information content (AvgIpc) is 2.69. The number of benzene rings is 2. The molecule has 1 fully saturated rings. The minimum absolute atomic E-state index is 0.0135. The van der Waals surface area contributed by atoms with E-state index in [0.717, 1.165) is 0 Å². The van der Waals surface area contributed by atoms with Crippen molar-refractivity contribution in [2.45, 2.75) is 19.4 Å². The number of anilines is 1. The van der Waals surface area contributed by atoms with Crippen LogP contribution in [0.1, 0.15) is 18.4 Å². The number of piperidine rings is 1. The van der Waals surface area contributed by atoms with Gasteiger partial charge in [-0.15, -0.1) is 0 Å². The monoisotopic (exact) mass is 371 g/mol. The van der Waals surface area contributed by atoms with Gasteiger partial charge in [0.05, 0.1) is 4.92 Å². The number of hydrogen-bond donors (Lipinski definition) is 0. The van der Waals surface area contributed by atoms with E-state index in [2.05, 4.69) is 0 Å². The molecule has 1 aliphatic rings. The third-order valence-corrected chi connectivity index (χ3v) is 5.00. The lowest BCUT2D eigenvalue weighted by Gasteiger charge is -2.34. The second-order valence-corrected chi connectivity index (χ2v) is 6.79. The van der Waals surface area contributed by atoms with Crippen LogP contribution in [0.15, 0.2) is 48.5 Å². The van der Waals surface area contributed by atoms with Gasteiger partial charge in [-0.3, -0.25) is 14.9 Å². The lowest BCUT2D eigenvalue weighted by atomic mass is 9.94. The predicted molar refractivity (Wildman–Crippen MR) is 101 cm³/mol.